The monoisotopic (exact) mass is 493 g/mol. The SMILES string of the molecule is Cc1[nH]c2ccc(CNC(=O)C3CCN(S(=O)(=O)c4cccc(C(F)(F)F)c4)CC3)cc2c1C. The number of nitrogens with one attached hydrogen (secondary N) is 2. The largest absolute Gasteiger partial charge is 0.416 e. The molecule has 34 heavy (non-hydrogen) atoms. The molecular formula is C24H26F3N3O3S. The van der Waals surface area contributed by atoms with Crippen molar-refractivity contribution >= 4 is 26.8 Å². The molecule has 1 saturated heterocycles. The molecular weight excluding hydrogens is 467 g/mol. The zero-order valence-electron chi connectivity index (χ0n) is 18.9. The average molecular weight is 494 g/mol. The van der Waals surface area contributed by atoms with E-state index in [-0.39, 0.29) is 24.9 Å². The van der Waals surface area contributed by atoms with E-state index in [1.165, 1.54) is 0 Å². The molecule has 2 aromatic carbocycles. The quantitative estimate of drug-likeness (QED) is 0.548. The minimum absolute atomic E-state index is 0.0739. The number of H-pyrrole nitrogens is 1. The summed E-state index contributed by atoms with van der Waals surface area (Å²) < 4.78 is 65.8. The number of nitrogens with zero attached hydrogens (tertiary/aromatic N) is 1. The van der Waals surface area contributed by atoms with E-state index in [9.17, 15) is 26.4 Å². The standard InChI is InChI=1S/C24H26F3N3O3S/c1-15-16(2)29-22-7-6-17(12-21(15)22)14-28-23(31)18-8-10-30(11-9-18)34(32,33)20-5-3-4-19(13-20)24(25,26)27/h3-7,12-13,18,29H,8-11,14H2,1-2H3,(H,28,31). The Hall–Kier alpha value is -2.85. The first kappa shape index (κ1) is 24.3. The van der Waals surface area contributed by atoms with Crippen LogP contribution in [0.5, 0.6) is 0 Å². The number of aromatic amines is 1. The lowest BCUT2D eigenvalue weighted by molar-refractivity contribution is -0.137. The van der Waals surface area contributed by atoms with Crippen molar-refractivity contribution < 1.29 is 26.4 Å². The number of piperidine rings is 1. The lowest BCUT2D eigenvalue weighted by atomic mass is 9.97. The maximum atomic E-state index is 13.0. The second kappa shape index (κ2) is 9.07. The van der Waals surface area contributed by atoms with Crippen LogP contribution in [-0.2, 0) is 27.5 Å². The van der Waals surface area contributed by atoms with Crippen molar-refractivity contribution in [2.45, 2.75) is 44.3 Å². The molecule has 1 aromatic heterocycles. The number of sulfonamides is 1. The van der Waals surface area contributed by atoms with Crippen LogP contribution >= 0.6 is 0 Å². The van der Waals surface area contributed by atoms with Crippen molar-refractivity contribution in [1.29, 1.82) is 0 Å². The highest BCUT2D eigenvalue weighted by molar-refractivity contribution is 7.89. The number of hydrogen-bond donors (Lipinski definition) is 2. The minimum Gasteiger partial charge on any atom is -0.358 e. The number of rotatable bonds is 5. The Morgan fingerprint density at radius 3 is 2.50 bits per heavy atom. The number of carbonyl (C=O) groups is 1. The van der Waals surface area contributed by atoms with Crippen molar-refractivity contribution in [3.05, 3.63) is 64.8 Å². The summed E-state index contributed by atoms with van der Waals surface area (Å²) in [4.78, 5) is 15.6. The summed E-state index contributed by atoms with van der Waals surface area (Å²) in [7, 11) is -4.07. The van der Waals surface area contributed by atoms with Crippen LogP contribution < -0.4 is 5.32 Å². The number of halogens is 3. The number of fused-ring (bicyclic) bond motifs is 1. The zero-order chi connectivity index (χ0) is 24.7. The number of alkyl halides is 3. The van der Waals surface area contributed by atoms with Gasteiger partial charge in [0.15, 0.2) is 0 Å². The molecule has 1 fully saturated rings. The molecule has 0 unspecified atom stereocenters. The molecule has 2 heterocycles. The average Bonchev–Trinajstić information content (AvgIpc) is 3.10. The Kier molecular flexibility index (Phi) is 6.48. The van der Waals surface area contributed by atoms with Crippen LogP contribution in [0.4, 0.5) is 13.2 Å². The maximum Gasteiger partial charge on any atom is 0.416 e. The van der Waals surface area contributed by atoms with Gasteiger partial charge in [-0.05, 0) is 68.1 Å². The second-order valence-corrected chi connectivity index (χ2v) is 10.6. The van der Waals surface area contributed by atoms with Crippen molar-refractivity contribution in [1.82, 2.24) is 14.6 Å². The van der Waals surface area contributed by atoms with E-state index in [2.05, 4.69) is 10.3 Å². The van der Waals surface area contributed by atoms with Gasteiger partial charge in [0.2, 0.25) is 15.9 Å². The fourth-order valence-electron chi connectivity index (χ4n) is 4.29. The fourth-order valence-corrected chi connectivity index (χ4v) is 5.81. The van der Waals surface area contributed by atoms with Crippen molar-refractivity contribution in [3.8, 4) is 0 Å². The first-order chi connectivity index (χ1) is 16.0. The van der Waals surface area contributed by atoms with E-state index in [0.717, 1.165) is 50.2 Å². The summed E-state index contributed by atoms with van der Waals surface area (Å²) in [6.45, 7) is 4.56. The third-order valence-electron chi connectivity index (χ3n) is 6.46. The number of amides is 1. The Bertz CT molecular complexity index is 1320. The number of aromatic nitrogens is 1. The Morgan fingerprint density at radius 1 is 1.12 bits per heavy atom. The molecule has 6 nitrogen and oxygen atoms in total. The topological polar surface area (TPSA) is 82.3 Å². The first-order valence-electron chi connectivity index (χ1n) is 11.0. The molecule has 1 amide bonds. The molecule has 1 aliphatic rings. The van der Waals surface area contributed by atoms with Crippen LogP contribution in [0.1, 0.15) is 35.2 Å². The highest BCUT2D eigenvalue weighted by Gasteiger charge is 2.35. The summed E-state index contributed by atoms with van der Waals surface area (Å²) in [6.07, 6.45) is -4.02. The molecule has 0 spiro atoms. The van der Waals surface area contributed by atoms with Crippen LogP contribution in [-0.4, -0.2) is 36.7 Å². The molecule has 0 saturated carbocycles. The fraction of sp³-hybridized carbons (Fsp3) is 0.375. The molecule has 0 atom stereocenters. The normalized spacial score (nSPS) is 16.1. The Morgan fingerprint density at radius 2 is 1.82 bits per heavy atom. The van der Waals surface area contributed by atoms with Crippen LogP contribution in [0.2, 0.25) is 0 Å². The van der Waals surface area contributed by atoms with Gasteiger partial charge >= 0.3 is 6.18 Å². The van der Waals surface area contributed by atoms with Gasteiger partial charge in [0.1, 0.15) is 0 Å². The van der Waals surface area contributed by atoms with Gasteiger partial charge in [-0.3, -0.25) is 4.79 Å². The van der Waals surface area contributed by atoms with E-state index >= 15 is 0 Å². The molecule has 0 aliphatic carbocycles. The van der Waals surface area contributed by atoms with Crippen LogP contribution in [0.15, 0.2) is 47.4 Å². The number of benzene rings is 2. The van der Waals surface area contributed by atoms with Gasteiger partial charge in [-0.15, -0.1) is 0 Å². The van der Waals surface area contributed by atoms with E-state index in [1.807, 2.05) is 32.0 Å². The summed E-state index contributed by atoms with van der Waals surface area (Å²) in [5.74, 6) is -0.508. The first-order valence-corrected chi connectivity index (χ1v) is 12.4. The predicted molar refractivity (Wildman–Crippen MR) is 123 cm³/mol. The predicted octanol–water partition coefficient (Wildman–Crippen LogP) is 4.52. The Labute approximate surface area is 196 Å². The summed E-state index contributed by atoms with van der Waals surface area (Å²) in [5, 5.41) is 4.04. The van der Waals surface area contributed by atoms with E-state index < -0.39 is 26.7 Å². The molecule has 0 bridgehead atoms. The van der Waals surface area contributed by atoms with Gasteiger partial charge in [0.05, 0.1) is 10.5 Å². The smallest absolute Gasteiger partial charge is 0.358 e. The summed E-state index contributed by atoms with van der Waals surface area (Å²) in [6, 6.07) is 9.71. The molecule has 4 rings (SSSR count). The Balaban J connectivity index is 1.36. The second-order valence-electron chi connectivity index (χ2n) is 8.68. The van der Waals surface area contributed by atoms with Gasteiger partial charge in [-0.25, -0.2) is 8.42 Å². The van der Waals surface area contributed by atoms with E-state index in [1.54, 1.807) is 0 Å². The number of aryl methyl sites for hydroxylation is 2. The van der Waals surface area contributed by atoms with Crippen molar-refractivity contribution in [2.75, 3.05) is 13.1 Å². The van der Waals surface area contributed by atoms with Crippen LogP contribution in [0, 0.1) is 19.8 Å². The highest BCUT2D eigenvalue weighted by Crippen LogP contribution is 2.32. The zero-order valence-corrected chi connectivity index (χ0v) is 19.7. The van der Waals surface area contributed by atoms with Crippen molar-refractivity contribution in [2.24, 2.45) is 5.92 Å². The molecule has 182 valence electrons. The molecule has 3 aromatic rings. The lowest BCUT2D eigenvalue weighted by Crippen LogP contribution is -2.42. The van der Waals surface area contributed by atoms with Gasteiger partial charge in [0, 0.05) is 42.1 Å². The molecule has 2 N–H and O–H groups in total. The summed E-state index contributed by atoms with van der Waals surface area (Å²) >= 11 is 0. The van der Waals surface area contributed by atoms with Crippen LogP contribution in [0.3, 0.4) is 0 Å². The minimum atomic E-state index is -4.63. The molecule has 1 aliphatic heterocycles. The highest BCUT2D eigenvalue weighted by atomic mass is 32.2. The third kappa shape index (κ3) is 4.83. The number of carbonyl (C=O) groups excluding carboxylic acids is 1. The van der Waals surface area contributed by atoms with Gasteiger partial charge in [-0.1, -0.05) is 12.1 Å². The maximum absolute atomic E-state index is 13.0. The van der Waals surface area contributed by atoms with Gasteiger partial charge in [-0.2, -0.15) is 17.5 Å². The third-order valence-corrected chi connectivity index (χ3v) is 8.36. The number of hydrogen-bond acceptors (Lipinski definition) is 3. The summed E-state index contributed by atoms with van der Waals surface area (Å²) in [5.41, 5.74) is 3.26. The van der Waals surface area contributed by atoms with Gasteiger partial charge < -0.3 is 10.3 Å². The van der Waals surface area contributed by atoms with Gasteiger partial charge in [0.25, 0.3) is 0 Å². The van der Waals surface area contributed by atoms with E-state index in [4.69, 9.17) is 0 Å². The van der Waals surface area contributed by atoms with Crippen LogP contribution in [0.25, 0.3) is 10.9 Å². The van der Waals surface area contributed by atoms with Crippen molar-refractivity contribution in [3.63, 3.8) is 0 Å². The molecule has 0 radical (unpaired) electrons. The molecule has 10 heteroatoms. The van der Waals surface area contributed by atoms with E-state index in [0.29, 0.717) is 25.5 Å². The lowest BCUT2D eigenvalue weighted by Gasteiger charge is -2.30.